The molecular formula is C90H165O25P. The summed E-state index contributed by atoms with van der Waals surface area (Å²) < 4.78 is 73.3. The standard InChI is InChI=1S/C90H165O25P/c1-5-9-13-17-21-25-29-33-35-37-41-43-47-51-55-59-63-74(93)107-69-72-78(97)80(99)84(103)90(111-72)114-87-85(112-76(95)65-61-57-53-49-45-39-32-28-24-20-16-12-8-4)81(100)82(101)86(113-89-83(102)79(98)77(96)71(66-91)110-89)88(87)115-116(104,105)108-68-70(109-75(94)64-60-56-52-48-44-38-31-27-23-19-15-11-7-3)67-106-73(92)62-58-54-50-46-42-40-36-34-30-26-22-18-14-10-6-2/h38-39,44-45,70-72,77-91,96-103H,5-37,40-43,46-69H2,1-4H3,(H,104,105)/b44-38-,45-39-. The van der Waals surface area contributed by atoms with Gasteiger partial charge in [0.25, 0.3) is 0 Å². The molecule has 2 aliphatic heterocycles. The van der Waals surface area contributed by atoms with Crippen molar-refractivity contribution in [3.8, 4) is 0 Å². The van der Waals surface area contributed by atoms with Gasteiger partial charge >= 0.3 is 31.7 Å². The minimum Gasteiger partial charge on any atom is -0.463 e. The van der Waals surface area contributed by atoms with Gasteiger partial charge in [0.2, 0.25) is 0 Å². The Kier molecular flexibility index (Phi) is 64.1. The summed E-state index contributed by atoms with van der Waals surface area (Å²) in [5, 5.41) is 102. The molecule has 10 N–H and O–H groups in total. The zero-order valence-corrected chi connectivity index (χ0v) is 73.2. The number of allylic oxidation sites excluding steroid dienone is 4. The summed E-state index contributed by atoms with van der Waals surface area (Å²) in [5.74, 6) is -3.00. The number of rotatable bonds is 75. The SMILES string of the molecule is CCCCCCCC/C=C\CCCCCC(=O)OC(COC(=O)CCCCCCCCCCCCCCCCC)COP(=O)(O)OC1C(OC2OC(CO)C(O)C(O)C2O)C(O)C(O)C(OC(=O)CCCCC/C=C\CCCCCCCC)C1OC1OC(COC(=O)CCCCCCCCCCCCCCCCCC)C(O)C(O)C1O. The second kappa shape index (κ2) is 69.4. The molecule has 0 bridgehead atoms. The number of esters is 4. The van der Waals surface area contributed by atoms with Gasteiger partial charge in [-0.15, -0.1) is 0 Å². The molecule has 3 aliphatic rings. The molecule has 18 atom stereocenters. The smallest absolute Gasteiger partial charge is 0.463 e. The Bertz CT molecular complexity index is 2510. The molecule has 0 radical (unpaired) electrons. The second-order valence-electron chi connectivity index (χ2n) is 33.2. The molecule has 116 heavy (non-hydrogen) atoms. The highest BCUT2D eigenvalue weighted by Gasteiger charge is 2.60. The first kappa shape index (κ1) is 107. The number of phosphoric acid groups is 1. The van der Waals surface area contributed by atoms with Crippen LogP contribution in [-0.4, -0.2) is 205 Å². The van der Waals surface area contributed by atoms with Crippen LogP contribution in [0.1, 0.15) is 394 Å². The Morgan fingerprint density at radius 2 is 0.647 bits per heavy atom. The first-order valence-corrected chi connectivity index (χ1v) is 48.1. The van der Waals surface area contributed by atoms with Crippen LogP contribution in [0.2, 0.25) is 0 Å². The second-order valence-corrected chi connectivity index (χ2v) is 34.6. The lowest BCUT2D eigenvalue weighted by molar-refractivity contribution is -0.360. The van der Waals surface area contributed by atoms with E-state index in [4.69, 9.17) is 46.9 Å². The van der Waals surface area contributed by atoms with Gasteiger partial charge in [0.15, 0.2) is 24.8 Å². The molecule has 26 heteroatoms. The molecule has 2 saturated heterocycles. The highest BCUT2D eigenvalue weighted by molar-refractivity contribution is 7.47. The topological polar surface area (TPSA) is 380 Å². The van der Waals surface area contributed by atoms with Gasteiger partial charge in [0, 0.05) is 25.7 Å². The molecular weight excluding hydrogens is 1510 g/mol. The lowest BCUT2D eigenvalue weighted by Gasteiger charge is -2.50. The monoisotopic (exact) mass is 1680 g/mol. The number of aliphatic hydroxyl groups is 9. The number of phosphoric ester groups is 1. The number of carbonyl (C=O) groups is 4. The van der Waals surface area contributed by atoms with Crippen LogP contribution in [-0.2, 0) is 70.7 Å². The molecule has 1 saturated carbocycles. The van der Waals surface area contributed by atoms with E-state index in [2.05, 4.69) is 52.0 Å². The van der Waals surface area contributed by atoms with Crippen molar-refractivity contribution in [3.63, 3.8) is 0 Å². The van der Waals surface area contributed by atoms with E-state index in [9.17, 15) is 74.6 Å². The van der Waals surface area contributed by atoms with E-state index in [1.165, 1.54) is 180 Å². The van der Waals surface area contributed by atoms with Gasteiger partial charge in [-0.2, -0.15) is 0 Å². The van der Waals surface area contributed by atoms with Crippen molar-refractivity contribution in [2.24, 2.45) is 0 Å². The average Bonchev–Trinajstić information content (AvgIpc) is 0.754. The number of hydrogen-bond acceptors (Lipinski definition) is 24. The lowest BCUT2D eigenvalue weighted by atomic mass is 9.84. The van der Waals surface area contributed by atoms with E-state index in [0.717, 1.165) is 116 Å². The van der Waals surface area contributed by atoms with Crippen molar-refractivity contribution >= 4 is 31.7 Å². The highest BCUT2D eigenvalue weighted by Crippen LogP contribution is 2.49. The van der Waals surface area contributed by atoms with E-state index in [1.54, 1.807) is 0 Å². The van der Waals surface area contributed by atoms with Gasteiger partial charge in [-0.25, -0.2) is 4.57 Å². The third-order valence-corrected chi connectivity index (χ3v) is 23.7. The summed E-state index contributed by atoms with van der Waals surface area (Å²) in [4.78, 5) is 66.4. The first-order valence-electron chi connectivity index (χ1n) is 46.6. The zero-order chi connectivity index (χ0) is 84.7. The Hall–Kier alpha value is -3.05. The van der Waals surface area contributed by atoms with Gasteiger partial charge in [-0.3, -0.25) is 28.2 Å². The molecule has 3 fully saturated rings. The quantitative estimate of drug-likeness (QED) is 0.00889. The van der Waals surface area contributed by atoms with Gasteiger partial charge in [-0.05, 0) is 77.0 Å². The molecule has 0 aromatic carbocycles. The molecule has 18 unspecified atom stereocenters. The van der Waals surface area contributed by atoms with Gasteiger partial charge in [-0.1, -0.05) is 315 Å². The summed E-state index contributed by atoms with van der Waals surface area (Å²) >= 11 is 0. The van der Waals surface area contributed by atoms with Crippen molar-refractivity contribution < 1.29 is 122 Å². The number of aliphatic hydroxyl groups excluding tert-OH is 9. The van der Waals surface area contributed by atoms with Gasteiger partial charge < -0.3 is 88.7 Å². The first-order chi connectivity index (χ1) is 56.2. The third kappa shape index (κ3) is 49.3. The van der Waals surface area contributed by atoms with Crippen molar-refractivity contribution in [3.05, 3.63) is 24.3 Å². The van der Waals surface area contributed by atoms with Crippen molar-refractivity contribution in [1.82, 2.24) is 0 Å². The van der Waals surface area contributed by atoms with Crippen LogP contribution >= 0.6 is 7.82 Å². The zero-order valence-electron chi connectivity index (χ0n) is 72.3. The normalized spacial score (nSPS) is 25.2. The summed E-state index contributed by atoms with van der Waals surface area (Å²) in [6.45, 7) is 5.56. The summed E-state index contributed by atoms with van der Waals surface area (Å²) in [6.07, 6.45) is 29.0. The largest absolute Gasteiger partial charge is 0.472 e. The fourth-order valence-electron chi connectivity index (χ4n) is 15.2. The Balaban J connectivity index is 1.92. The van der Waals surface area contributed by atoms with Crippen LogP contribution < -0.4 is 0 Å². The molecule has 0 amide bonds. The van der Waals surface area contributed by atoms with Crippen molar-refractivity contribution in [2.45, 2.75) is 498 Å². The maximum atomic E-state index is 14.9. The molecule has 0 spiro atoms. The molecule has 3 rings (SSSR count). The van der Waals surface area contributed by atoms with Crippen LogP contribution in [0.3, 0.4) is 0 Å². The van der Waals surface area contributed by atoms with E-state index >= 15 is 0 Å². The van der Waals surface area contributed by atoms with E-state index in [-0.39, 0.29) is 32.1 Å². The fourth-order valence-corrected chi connectivity index (χ4v) is 16.2. The molecule has 680 valence electrons. The number of ether oxygens (including phenoxy) is 8. The van der Waals surface area contributed by atoms with Crippen LogP contribution in [0.5, 0.6) is 0 Å². The van der Waals surface area contributed by atoms with Crippen LogP contribution in [0, 0.1) is 0 Å². The Morgan fingerprint density at radius 1 is 0.336 bits per heavy atom. The average molecular weight is 1680 g/mol. The van der Waals surface area contributed by atoms with Gasteiger partial charge in [0.1, 0.15) is 92.6 Å². The van der Waals surface area contributed by atoms with Crippen molar-refractivity contribution in [2.75, 3.05) is 26.4 Å². The maximum absolute atomic E-state index is 14.9. The maximum Gasteiger partial charge on any atom is 0.472 e. The number of unbranched alkanes of at least 4 members (excludes halogenated alkanes) is 47. The third-order valence-electron chi connectivity index (χ3n) is 22.7. The highest BCUT2D eigenvalue weighted by atomic mass is 31.2. The predicted molar refractivity (Wildman–Crippen MR) is 449 cm³/mol. The number of carbonyl (C=O) groups excluding carboxylic acids is 4. The van der Waals surface area contributed by atoms with E-state index in [1.807, 2.05) is 0 Å². The summed E-state index contributed by atoms with van der Waals surface area (Å²) in [6, 6.07) is 0. The Labute approximate surface area is 698 Å². The molecule has 0 aromatic rings. The summed E-state index contributed by atoms with van der Waals surface area (Å²) in [5.41, 5.74) is 0. The minimum absolute atomic E-state index is 0.0157. The minimum atomic E-state index is -5.81. The van der Waals surface area contributed by atoms with Crippen molar-refractivity contribution in [1.29, 1.82) is 0 Å². The molecule has 1 aliphatic carbocycles. The van der Waals surface area contributed by atoms with Crippen LogP contribution in [0.15, 0.2) is 24.3 Å². The molecule has 25 nitrogen and oxygen atoms in total. The Morgan fingerprint density at radius 3 is 1.03 bits per heavy atom. The molecule has 0 aromatic heterocycles. The molecule has 2 heterocycles. The van der Waals surface area contributed by atoms with Crippen LogP contribution in [0.25, 0.3) is 0 Å². The lowest BCUT2D eigenvalue weighted by Crippen LogP contribution is -2.70. The summed E-state index contributed by atoms with van der Waals surface area (Å²) in [7, 11) is -5.81. The fraction of sp³-hybridized carbons (Fsp3) is 0.911. The number of hydrogen-bond donors (Lipinski definition) is 10. The van der Waals surface area contributed by atoms with Gasteiger partial charge in [0.05, 0.1) is 13.2 Å². The van der Waals surface area contributed by atoms with Crippen LogP contribution in [0.4, 0.5) is 0 Å². The predicted octanol–water partition coefficient (Wildman–Crippen LogP) is 16.9. The van der Waals surface area contributed by atoms with E-state index in [0.29, 0.717) is 38.5 Å². The van der Waals surface area contributed by atoms with E-state index < -0.39 is 162 Å².